The number of aromatic nitrogens is 1. The number of nitrogens with zero attached hydrogens (tertiary/aromatic N) is 2. The van der Waals surface area contributed by atoms with E-state index in [-0.39, 0.29) is 5.76 Å². The molecule has 0 unspecified atom stereocenters. The predicted octanol–water partition coefficient (Wildman–Crippen LogP) is 0.888. The van der Waals surface area contributed by atoms with Crippen molar-refractivity contribution < 1.29 is 4.42 Å². The van der Waals surface area contributed by atoms with Crippen LogP contribution in [0.1, 0.15) is 6.92 Å². The molecule has 1 atom stereocenters. The van der Waals surface area contributed by atoms with Gasteiger partial charge in [0.05, 0.1) is 5.52 Å². The van der Waals surface area contributed by atoms with E-state index in [1.807, 2.05) is 24.3 Å². The SMILES string of the molecule is C[C@@H]1CNCCN1CCn1c(=O)oc2ccccc21. The second-order valence-electron chi connectivity index (χ2n) is 5.08. The Balaban J connectivity index is 1.78. The third-order valence-electron chi connectivity index (χ3n) is 3.82. The highest BCUT2D eigenvalue weighted by molar-refractivity contribution is 5.72. The smallest absolute Gasteiger partial charge is 0.408 e. The first-order valence-corrected chi connectivity index (χ1v) is 6.79. The molecule has 3 rings (SSSR count). The van der Waals surface area contributed by atoms with Crippen LogP contribution in [0, 0.1) is 0 Å². The van der Waals surface area contributed by atoms with E-state index < -0.39 is 0 Å². The molecule has 1 aliphatic heterocycles. The Morgan fingerprint density at radius 3 is 3.05 bits per heavy atom. The van der Waals surface area contributed by atoms with E-state index >= 15 is 0 Å². The first kappa shape index (κ1) is 12.4. The van der Waals surface area contributed by atoms with Crippen molar-refractivity contribution in [1.82, 2.24) is 14.8 Å². The highest BCUT2D eigenvalue weighted by Crippen LogP contribution is 2.12. The van der Waals surface area contributed by atoms with E-state index in [0.29, 0.717) is 18.2 Å². The number of para-hydroxylation sites is 2. The van der Waals surface area contributed by atoms with Crippen LogP contribution in [0.4, 0.5) is 0 Å². The molecule has 1 fully saturated rings. The molecule has 0 aliphatic carbocycles. The van der Waals surface area contributed by atoms with Gasteiger partial charge in [0.15, 0.2) is 5.58 Å². The number of rotatable bonds is 3. The summed E-state index contributed by atoms with van der Waals surface area (Å²) in [6.45, 7) is 6.84. The largest absolute Gasteiger partial charge is 0.419 e. The van der Waals surface area contributed by atoms with Crippen LogP contribution in [0.2, 0.25) is 0 Å². The fraction of sp³-hybridized carbons (Fsp3) is 0.500. The Hall–Kier alpha value is -1.59. The fourth-order valence-corrected chi connectivity index (χ4v) is 2.67. The highest BCUT2D eigenvalue weighted by Gasteiger charge is 2.18. The number of nitrogens with one attached hydrogen (secondary N) is 1. The van der Waals surface area contributed by atoms with Crippen LogP contribution in [0.25, 0.3) is 11.1 Å². The molecule has 1 N–H and O–H groups in total. The van der Waals surface area contributed by atoms with E-state index in [9.17, 15) is 4.79 Å². The van der Waals surface area contributed by atoms with Crippen LogP contribution in [0.5, 0.6) is 0 Å². The number of hydrogen-bond acceptors (Lipinski definition) is 4. The summed E-state index contributed by atoms with van der Waals surface area (Å²) < 4.78 is 6.97. The molecule has 0 spiro atoms. The van der Waals surface area contributed by atoms with Gasteiger partial charge in [0, 0.05) is 38.8 Å². The van der Waals surface area contributed by atoms with Crippen molar-refractivity contribution in [3.63, 3.8) is 0 Å². The van der Waals surface area contributed by atoms with Crippen LogP contribution in [-0.4, -0.2) is 41.7 Å². The van der Waals surface area contributed by atoms with Crippen molar-refractivity contribution in [3.8, 4) is 0 Å². The van der Waals surface area contributed by atoms with Gasteiger partial charge >= 0.3 is 5.76 Å². The van der Waals surface area contributed by atoms with E-state index in [2.05, 4.69) is 17.1 Å². The number of fused-ring (bicyclic) bond motifs is 1. The molecule has 1 aromatic heterocycles. The summed E-state index contributed by atoms with van der Waals surface area (Å²) in [6.07, 6.45) is 0. The van der Waals surface area contributed by atoms with Gasteiger partial charge in [-0.1, -0.05) is 12.1 Å². The van der Waals surface area contributed by atoms with Crippen molar-refractivity contribution in [2.45, 2.75) is 19.5 Å². The maximum Gasteiger partial charge on any atom is 0.419 e. The molecule has 5 nitrogen and oxygen atoms in total. The lowest BCUT2D eigenvalue weighted by Gasteiger charge is -2.33. The third-order valence-corrected chi connectivity index (χ3v) is 3.82. The third kappa shape index (κ3) is 2.43. The van der Waals surface area contributed by atoms with Gasteiger partial charge < -0.3 is 9.73 Å². The summed E-state index contributed by atoms with van der Waals surface area (Å²) in [5.74, 6) is -0.260. The Morgan fingerprint density at radius 1 is 1.37 bits per heavy atom. The molecule has 102 valence electrons. The number of hydrogen-bond donors (Lipinski definition) is 1. The fourth-order valence-electron chi connectivity index (χ4n) is 2.67. The summed E-state index contributed by atoms with van der Waals surface area (Å²) in [6, 6.07) is 8.10. The summed E-state index contributed by atoms with van der Waals surface area (Å²) in [7, 11) is 0. The molecule has 0 bridgehead atoms. The molecule has 1 aromatic carbocycles. The maximum atomic E-state index is 11.9. The van der Waals surface area contributed by atoms with E-state index in [0.717, 1.165) is 31.7 Å². The average Bonchev–Trinajstić information content (AvgIpc) is 2.74. The zero-order valence-electron chi connectivity index (χ0n) is 11.1. The molecule has 2 heterocycles. The summed E-state index contributed by atoms with van der Waals surface area (Å²) >= 11 is 0. The van der Waals surface area contributed by atoms with Gasteiger partial charge in [0.1, 0.15) is 0 Å². The molecular formula is C14H19N3O2. The van der Waals surface area contributed by atoms with Crippen LogP contribution in [-0.2, 0) is 6.54 Å². The van der Waals surface area contributed by atoms with Crippen molar-refractivity contribution >= 4 is 11.1 Å². The highest BCUT2D eigenvalue weighted by atomic mass is 16.4. The monoisotopic (exact) mass is 261 g/mol. The quantitative estimate of drug-likeness (QED) is 0.891. The standard InChI is InChI=1S/C14H19N3O2/c1-11-10-15-6-7-16(11)8-9-17-12-4-2-3-5-13(12)19-14(17)18/h2-5,11,15H,6-10H2,1H3/t11-/m1/s1. The lowest BCUT2D eigenvalue weighted by atomic mass is 10.2. The van der Waals surface area contributed by atoms with Gasteiger partial charge in [-0.25, -0.2) is 4.79 Å². The minimum absolute atomic E-state index is 0.260. The van der Waals surface area contributed by atoms with Gasteiger partial charge in [-0.15, -0.1) is 0 Å². The lowest BCUT2D eigenvalue weighted by Crippen LogP contribution is -2.50. The summed E-state index contributed by atoms with van der Waals surface area (Å²) in [4.78, 5) is 14.3. The summed E-state index contributed by atoms with van der Waals surface area (Å²) in [5, 5.41) is 3.37. The van der Waals surface area contributed by atoms with Crippen LogP contribution in [0.3, 0.4) is 0 Å². The predicted molar refractivity (Wildman–Crippen MR) is 74.4 cm³/mol. The number of benzene rings is 1. The molecule has 1 aliphatic rings. The maximum absolute atomic E-state index is 11.9. The van der Waals surface area contributed by atoms with Gasteiger partial charge in [0.25, 0.3) is 0 Å². The molecule has 1 saturated heterocycles. The summed E-state index contributed by atoms with van der Waals surface area (Å²) in [5.41, 5.74) is 1.55. The molecule has 19 heavy (non-hydrogen) atoms. The second-order valence-corrected chi connectivity index (χ2v) is 5.08. The van der Waals surface area contributed by atoms with Gasteiger partial charge in [-0.3, -0.25) is 9.47 Å². The topological polar surface area (TPSA) is 50.4 Å². The average molecular weight is 261 g/mol. The first-order valence-electron chi connectivity index (χ1n) is 6.79. The zero-order valence-corrected chi connectivity index (χ0v) is 11.1. The van der Waals surface area contributed by atoms with Crippen molar-refractivity contribution in [3.05, 3.63) is 34.8 Å². The first-order chi connectivity index (χ1) is 9.25. The Bertz CT molecular complexity index is 616. The van der Waals surface area contributed by atoms with Crippen LogP contribution in [0.15, 0.2) is 33.5 Å². The van der Waals surface area contributed by atoms with Gasteiger partial charge in [-0.2, -0.15) is 0 Å². The lowest BCUT2D eigenvalue weighted by molar-refractivity contribution is 0.167. The minimum atomic E-state index is -0.260. The molecular weight excluding hydrogens is 242 g/mol. The van der Waals surface area contributed by atoms with Crippen molar-refractivity contribution in [2.24, 2.45) is 0 Å². The molecule has 5 heteroatoms. The van der Waals surface area contributed by atoms with Crippen LogP contribution < -0.4 is 11.1 Å². The molecule has 0 radical (unpaired) electrons. The number of oxazole rings is 1. The van der Waals surface area contributed by atoms with E-state index in [4.69, 9.17) is 4.42 Å². The number of piperazine rings is 1. The van der Waals surface area contributed by atoms with Crippen molar-refractivity contribution in [1.29, 1.82) is 0 Å². The molecule has 2 aromatic rings. The van der Waals surface area contributed by atoms with E-state index in [1.54, 1.807) is 4.57 Å². The Labute approximate surface area is 111 Å². The van der Waals surface area contributed by atoms with Crippen LogP contribution >= 0.6 is 0 Å². The minimum Gasteiger partial charge on any atom is -0.408 e. The Kier molecular flexibility index (Phi) is 3.40. The van der Waals surface area contributed by atoms with E-state index in [1.165, 1.54) is 0 Å². The Morgan fingerprint density at radius 2 is 2.21 bits per heavy atom. The van der Waals surface area contributed by atoms with Crippen molar-refractivity contribution in [2.75, 3.05) is 26.2 Å². The zero-order chi connectivity index (χ0) is 13.2. The molecule has 0 amide bonds. The second kappa shape index (κ2) is 5.19. The van der Waals surface area contributed by atoms with Gasteiger partial charge in [-0.05, 0) is 19.1 Å². The molecule has 0 saturated carbocycles. The normalized spacial score (nSPS) is 21.0. The van der Waals surface area contributed by atoms with Gasteiger partial charge in [0.2, 0.25) is 0 Å².